The number of ether oxygens (including phenoxy) is 4. The van der Waals surface area contributed by atoms with Crippen molar-refractivity contribution in [1.82, 2.24) is 5.32 Å². The van der Waals surface area contributed by atoms with E-state index >= 15 is 0 Å². The number of nitrogens with one attached hydrogen (secondary N) is 1. The standard InChI is InChI=1S/C67H119NO13/c1-3-5-7-9-11-13-15-17-19-21-22-23-24-25-26-27-28-29-30-31-32-33-35-36-38-40-42-44-46-48-50-56(71)55(68-59(72)51-49-47-45-43-41-39-37-34-20-18-16-14-12-10-8-6-4-2)54-78-66-64(77)62(75)65(58(53-70)80-66)81-67-63(76)61(74)60(73)57(52-69)79-67/h6,8,12,14,18,20,37,39-40,42,48,50,55-58,60-67,69-71,73-77H,3-5,7,9-11,13,15-17,19,21-36,38,41,43-47,49,51-54H2,1-2H3,(H,68,72)/b8-6-,14-12-,20-18-,39-37-,42-40+,50-48+. The number of aliphatic hydroxyl groups excluding tert-OH is 8. The lowest BCUT2D eigenvalue weighted by Gasteiger charge is -2.46. The minimum atomic E-state index is -1.80. The highest BCUT2D eigenvalue weighted by atomic mass is 16.7. The van der Waals surface area contributed by atoms with Gasteiger partial charge < -0.3 is 65.1 Å². The second kappa shape index (κ2) is 51.8. The maximum Gasteiger partial charge on any atom is 0.220 e. The van der Waals surface area contributed by atoms with Crippen molar-refractivity contribution in [3.63, 3.8) is 0 Å². The first-order chi connectivity index (χ1) is 39.6. The highest BCUT2D eigenvalue weighted by molar-refractivity contribution is 5.76. The number of carbonyl (C=O) groups is 1. The maximum absolute atomic E-state index is 13.3. The molecule has 2 aliphatic rings. The van der Waals surface area contributed by atoms with E-state index < -0.39 is 86.8 Å². The minimum absolute atomic E-state index is 0.242. The van der Waals surface area contributed by atoms with Gasteiger partial charge in [-0.2, -0.15) is 0 Å². The van der Waals surface area contributed by atoms with Gasteiger partial charge in [0.25, 0.3) is 0 Å². The summed E-state index contributed by atoms with van der Waals surface area (Å²) in [6.45, 7) is 2.66. The van der Waals surface area contributed by atoms with Crippen molar-refractivity contribution in [2.24, 2.45) is 0 Å². The molecule has 470 valence electrons. The molecule has 12 unspecified atom stereocenters. The second-order valence-electron chi connectivity index (χ2n) is 22.9. The molecule has 81 heavy (non-hydrogen) atoms. The Balaban J connectivity index is 1.72. The maximum atomic E-state index is 13.3. The van der Waals surface area contributed by atoms with Crippen molar-refractivity contribution in [1.29, 1.82) is 0 Å². The molecule has 0 spiro atoms. The molecule has 14 nitrogen and oxygen atoms in total. The first-order valence-electron chi connectivity index (χ1n) is 32.7. The third-order valence-electron chi connectivity index (χ3n) is 15.6. The molecule has 0 aromatic heterocycles. The predicted octanol–water partition coefficient (Wildman–Crippen LogP) is 12.3. The first kappa shape index (κ1) is 74.5. The van der Waals surface area contributed by atoms with Crippen LogP contribution in [0.5, 0.6) is 0 Å². The Bertz CT molecular complexity index is 1630. The molecule has 9 N–H and O–H groups in total. The number of carbonyl (C=O) groups excluding carboxylic acids is 1. The van der Waals surface area contributed by atoms with E-state index in [1.165, 1.54) is 154 Å². The van der Waals surface area contributed by atoms with Crippen molar-refractivity contribution in [2.45, 2.75) is 325 Å². The first-order valence-corrected chi connectivity index (χ1v) is 32.7. The molecule has 0 saturated carbocycles. The summed E-state index contributed by atoms with van der Waals surface area (Å²) < 4.78 is 22.8. The van der Waals surface area contributed by atoms with Crippen LogP contribution in [0.15, 0.2) is 72.9 Å². The van der Waals surface area contributed by atoms with Gasteiger partial charge in [0.2, 0.25) is 5.91 Å². The molecule has 0 aromatic rings. The van der Waals surface area contributed by atoms with Crippen LogP contribution in [0.3, 0.4) is 0 Å². The molecule has 0 bridgehead atoms. The van der Waals surface area contributed by atoms with E-state index in [1.54, 1.807) is 6.08 Å². The van der Waals surface area contributed by atoms with Crippen molar-refractivity contribution < 1.29 is 64.6 Å². The average Bonchev–Trinajstić information content (AvgIpc) is 3.47. The van der Waals surface area contributed by atoms with Crippen LogP contribution in [0.1, 0.15) is 251 Å². The van der Waals surface area contributed by atoms with Gasteiger partial charge in [-0.3, -0.25) is 4.79 Å². The molecule has 2 rings (SSSR count). The highest BCUT2D eigenvalue weighted by Gasteiger charge is 2.51. The molecule has 2 saturated heterocycles. The molecule has 0 aromatic carbocycles. The highest BCUT2D eigenvalue weighted by Crippen LogP contribution is 2.30. The zero-order valence-electron chi connectivity index (χ0n) is 50.8. The Labute approximate surface area is 491 Å². The number of amides is 1. The summed E-state index contributed by atoms with van der Waals surface area (Å²) in [5.41, 5.74) is 0. The molecule has 1 amide bonds. The molecule has 2 aliphatic heterocycles. The van der Waals surface area contributed by atoms with E-state index in [9.17, 15) is 45.6 Å². The molecule has 0 aliphatic carbocycles. The van der Waals surface area contributed by atoms with E-state index in [0.717, 1.165) is 64.2 Å². The van der Waals surface area contributed by atoms with Gasteiger partial charge in [0, 0.05) is 6.42 Å². The lowest BCUT2D eigenvalue weighted by atomic mass is 9.97. The Morgan fingerprint density at radius 2 is 0.864 bits per heavy atom. The summed E-state index contributed by atoms with van der Waals surface area (Å²) in [5.74, 6) is -0.273. The topological polar surface area (TPSA) is 228 Å². The van der Waals surface area contributed by atoms with Gasteiger partial charge >= 0.3 is 0 Å². The van der Waals surface area contributed by atoms with Gasteiger partial charge in [0.05, 0.1) is 32.0 Å². The van der Waals surface area contributed by atoms with Crippen LogP contribution in [0.4, 0.5) is 0 Å². The molecule has 0 radical (unpaired) electrons. The van der Waals surface area contributed by atoms with Crippen LogP contribution in [0.25, 0.3) is 0 Å². The monoisotopic (exact) mass is 1150 g/mol. The molecular formula is C67H119NO13. The smallest absolute Gasteiger partial charge is 0.220 e. The van der Waals surface area contributed by atoms with Gasteiger partial charge in [-0.25, -0.2) is 0 Å². The SMILES string of the molecule is CC/C=C\C/C=C\C/C=C\C/C=C\CCCCCCC(=O)NC(COC1OC(CO)C(OC2OC(CO)C(O)C(O)C2O)C(O)C1O)C(O)/C=C/CC/C=C/CCCCCCCCCCCCCCCCCCCCCCCCCC. The summed E-state index contributed by atoms with van der Waals surface area (Å²) in [7, 11) is 0. The molecule has 2 heterocycles. The van der Waals surface area contributed by atoms with Crippen molar-refractivity contribution in [2.75, 3.05) is 19.8 Å². The van der Waals surface area contributed by atoms with E-state index in [4.69, 9.17) is 18.9 Å². The quantitative estimate of drug-likeness (QED) is 0.0204. The Kier molecular flexibility index (Phi) is 47.7. The number of hydrogen-bond acceptors (Lipinski definition) is 13. The Hall–Kier alpha value is -2.57. The van der Waals surface area contributed by atoms with E-state index in [1.807, 2.05) is 6.08 Å². The Morgan fingerprint density at radius 1 is 0.457 bits per heavy atom. The fraction of sp³-hybridized carbons (Fsp3) is 0.806. The van der Waals surface area contributed by atoms with Crippen LogP contribution in [-0.4, -0.2) is 140 Å². The van der Waals surface area contributed by atoms with E-state index in [2.05, 4.69) is 79.9 Å². The lowest BCUT2D eigenvalue weighted by Crippen LogP contribution is -2.65. The molecule has 2 fully saturated rings. The zero-order chi connectivity index (χ0) is 58.8. The number of unbranched alkanes of at least 4 members (excludes halogenated alkanes) is 29. The summed E-state index contributed by atoms with van der Waals surface area (Å²) >= 11 is 0. The number of rotatable bonds is 52. The van der Waals surface area contributed by atoms with Crippen molar-refractivity contribution in [3.05, 3.63) is 72.9 Å². The summed E-state index contributed by atoms with van der Waals surface area (Å²) in [4.78, 5) is 13.3. The van der Waals surface area contributed by atoms with E-state index in [-0.39, 0.29) is 18.9 Å². The zero-order valence-corrected chi connectivity index (χ0v) is 50.8. The molecule has 12 atom stereocenters. The van der Waals surface area contributed by atoms with Crippen LogP contribution in [-0.2, 0) is 23.7 Å². The molecule has 14 heteroatoms. The fourth-order valence-corrected chi connectivity index (χ4v) is 10.4. The van der Waals surface area contributed by atoms with Crippen LogP contribution < -0.4 is 5.32 Å². The average molecular weight is 1150 g/mol. The van der Waals surface area contributed by atoms with Crippen LogP contribution >= 0.6 is 0 Å². The van der Waals surface area contributed by atoms with Gasteiger partial charge in [0.15, 0.2) is 12.6 Å². The van der Waals surface area contributed by atoms with Crippen LogP contribution in [0, 0.1) is 0 Å². The van der Waals surface area contributed by atoms with Gasteiger partial charge in [-0.1, -0.05) is 247 Å². The lowest BCUT2D eigenvalue weighted by molar-refractivity contribution is -0.359. The van der Waals surface area contributed by atoms with Gasteiger partial charge in [-0.15, -0.1) is 0 Å². The van der Waals surface area contributed by atoms with Crippen LogP contribution in [0.2, 0.25) is 0 Å². The Morgan fingerprint density at radius 3 is 1.36 bits per heavy atom. The normalized spacial score (nSPS) is 24.6. The van der Waals surface area contributed by atoms with Crippen molar-refractivity contribution >= 4 is 5.91 Å². The number of allylic oxidation sites excluding steroid dienone is 11. The van der Waals surface area contributed by atoms with Gasteiger partial charge in [0.1, 0.15) is 48.8 Å². The summed E-state index contributed by atoms with van der Waals surface area (Å²) in [5, 5.41) is 87.2. The fourth-order valence-electron chi connectivity index (χ4n) is 10.4. The van der Waals surface area contributed by atoms with Crippen molar-refractivity contribution in [3.8, 4) is 0 Å². The number of hydrogen-bond donors (Lipinski definition) is 9. The second-order valence-corrected chi connectivity index (χ2v) is 22.9. The largest absolute Gasteiger partial charge is 0.394 e. The summed E-state index contributed by atoms with van der Waals surface area (Å²) in [6, 6.07) is -0.949. The third-order valence-corrected chi connectivity index (χ3v) is 15.6. The number of aliphatic hydroxyl groups is 8. The van der Waals surface area contributed by atoms with Gasteiger partial charge in [-0.05, 0) is 70.6 Å². The molecular weight excluding hydrogens is 1030 g/mol. The predicted molar refractivity (Wildman–Crippen MR) is 327 cm³/mol. The third kappa shape index (κ3) is 36.8. The summed E-state index contributed by atoms with van der Waals surface area (Å²) in [6.07, 6.45) is 52.5. The van der Waals surface area contributed by atoms with E-state index in [0.29, 0.717) is 12.8 Å². The minimum Gasteiger partial charge on any atom is -0.394 e.